The molecule has 0 unspecified atom stereocenters. The predicted octanol–water partition coefficient (Wildman–Crippen LogP) is 4.12. The molecule has 7 nitrogen and oxygen atoms in total. The Morgan fingerprint density at radius 3 is 2.62 bits per heavy atom. The van der Waals surface area contributed by atoms with E-state index in [0.29, 0.717) is 25.2 Å². The summed E-state index contributed by atoms with van der Waals surface area (Å²) < 4.78 is 2.28. The van der Waals surface area contributed by atoms with E-state index in [9.17, 15) is 14.9 Å². The number of amides is 2. The van der Waals surface area contributed by atoms with Gasteiger partial charge in [0.2, 0.25) is 11.8 Å². The van der Waals surface area contributed by atoms with E-state index in [0.717, 1.165) is 62.5 Å². The number of hydrogen-bond acceptors (Lipinski definition) is 4. The standard InChI is InChI=1S/C30H39N5O2/c1-4-15-32(16-5-2)27-10-8-17-33(30(27)37)22-29(36)35-18-7-9-25(35)13-14-26-20-24-12-11-23(21-31)19-28(24)34(26)6-3/h4-5,11-12,19-20,25,27H,1-2,6-10,13-18,22H2,3H3/t25-,27-/m0/s1. The van der Waals surface area contributed by atoms with Crippen LogP contribution in [-0.2, 0) is 22.6 Å². The Balaban J connectivity index is 1.40. The van der Waals surface area contributed by atoms with E-state index in [-0.39, 0.29) is 30.4 Å². The lowest BCUT2D eigenvalue weighted by Gasteiger charge is -2.38. The molecule has 196 valence electrons. The fourth-order valence-corrected chi connectivity index (χ4v) is 6.07. The third-order valence-electron chi connectivity index (χ3n) is 7.86. The number of benzene rings is 1. The molecule has 1 aromatic carbocycles. The van der Waals surface area contributed by atoms with Crippen molar-refractivity contribution in [3.05, 3.63) is 60.8 Å². The van der Waals surface area contributed by atoms with Crippen LogP contribution < -0.4 is 0 Å². The van der Waals surface area contributed by atoms with Crippen molar-refractivity contribution >= 4 is 22.7 Å². The molecule has 0 radical (unpaired) electrons. The Labute approximate surface area is 220 Å². The van der Waals surface area contributed by atoms with Crippen molar-refractivity contribution in [1.29, 1.82) is 5.26 Å². The van der Waals surface area contributed by atoms with Gasteiger partial charge in [0, 0.05) is 50.0 Å². The van der Waals surface area contributed by atoms with Crippen molar-refractivity contribution in [2.24, 2.45) is 0 Å². The van der Waals surface area contributed by atoms with Crippen LogP contribution in [0.2, 0.25) is 0 Å². The Bertz CT molecular complexity index is 1180. The van der Waals surface area contributed by atoms with Crippen molar-refractivity contribution in [2.45, 2.75) is 64.1 Å². The van der Waals surface area contributed by atoms with Gasteiger partial charge in [0.15, 0.2) is 0 Å². The molecule has 37 heavy (non-hydrogen) atoms. The van der Waals surface area contributed by atoms with Crippen molar-refractivity contribution in [3.63, 3.8) is 0 Å². The molecule has 2 atom stereocenters. The van der Waals surface area contributed by atoms with Gasteiger partial charge in [-0.2, -0.15) is 5.26 Å². The van der Waals surface area contributed by atoms with Crippen molar-refractivity contribution in [3.8, 4) is 6.07 Å². The van der Waals surface area contributed by atoms with Gasteiger partial charge in [-0.05, 0) is 69.0 Å². The molecule has 4 rings (SSSR count). The van der Waals surface area contributed by atoms with E-state index in [1.54, 1.807) is 4.90 Å². The summed E-state index contributed by atoms with van der Waals surface area (Å²) in [5, 5.41) is 10.4. The Kier molecular flexibility index (Phi) is 8.83. The number of aromatic nitrogens is 1. The number of hydrogen-bond donors (Lipinski definition) is 0. The van der Waals surface area contributed by atoms with Crippen molar-refractivity contribution in [2.75, 3.05) is 32.7 Å². The zero-order valence-corrected chi connectivity index (χ0v) is 22.1. The molecule has 1 aromatic heterocycles. The van der Waals surface area contributed by atoms with E-state index in [1.165, 1.54) is 5.69 Å². The smallest absolute Gasteiger partial charge is 0.242 e. The van der Waals surface area contributed by atoms with E-state index in [2.05, 4.69) is 41.7 Å². The third kappa shape index (κ3) is 5.80. The highest BCUT2D eigenvalue weighted by molar-refractivity contribution is 5.88. The first kappa shape index (κ1) is 26.7. The van der Waals surface area contributed by atoms with Crippen molar-refractivity contribution in [1.82, 2.24) is 19.3 Å². The molecule has 7 heteroatoms. The topological polar surface area (TPSA) is 72.6 Å². The van der Waals surface area contributed by atoms with Crippen LogP contribution in [0.4, 0.5) is 0 Å². The zero-order valence-electron chi connectivity index (χ0n) is 22.1. The van der Waals surface area contributed by atoms with Crippen LogP contribution in [0, 0.1) is 11.3 Å². The fourth-order valence-electron chi connectivity index (χ4n) is 6.07. The molecule has 3 heterocycles. The van der Waals surface area contributed by atoms with Gasteiger partial charge in [-0.3, -0.25) is 14.5 Å². The summed E-state index contributed by atoms with van der Waals surface area (Å²) in [7, 11) is 0. The largest absolute Gasteiger partial charge is 0.345 e. The molecule has 0 bridgehead atoms. The van der Waals surface area contributed by atoms with E-state index >= 15 is 0 Å². The van der Waals surface area contributed by atoms with Crippen LogP contribution in [0.3, 0.4) is 0 Å². The Hall–Kier alpha value is -3.37. The van der Waals surface area contributed by atoms with E-state index in [1.807, 2.05) is 35.3 Å². The molecule has 0 N–H and O–H groups in total. The molecular formula is C30H39N5O2. The zero-order chi connectivity index (χ0) is 26.4. The molecule has 2 aromatic rings. The van der Waals surface area contributed by atoms with Crippen LogP contribution in [0.15, 0.2) is 49.6 Å². The number of carbonyl (C=O) groups is 2. The van der Waals surface area contributed by atoms with Crippen LogP contribution in [-0.4, -0.2) is 75.9 Å². The minimum Gasteiger partial charge on any atom is -0.345 e. The van der Waals surface area contributed by atoms with Gasteiger partial charge in [-0.25, -0.2) is 0 Å². The maximum atomic E-state index is 13.4. The Morgan fingerprint density at radius 2 is 1.92 bits per heavy atom. The van der Waals surface area contributed by atoms with Gasteiger partial charge < -0.3 is 14.4 Å². The van der Waals surface area contributed by atoms with Gasteiger partial charge in [0.25, 0.3) is 0 Å². The molecule has 0 aliphatic carbocycles. The number of likely N-dealkylation sites (tertiary alicyclic amines) is 2. The lowest BCUT2D eigenvalue weighted by atomic mass is 10.0. The normalized spacial score (nSPS) is 20.0. The molecule has 2 aliphatic heterocycles. The summed E-state index contributed by atoms with van der Waals surface area (Å²) in [4.78, 5) is 32.5. The second-order valence-electron chi connectivity index (χ2n) is 10.1. The third-order valence-corrected chi connectivity index (χ3v) is 7.86. The molecular weight excluding hydrogens is 462 g/mol. The van der Waals surface area contributed by atoms with Crippen LogP contribution >= 0.6 is 0 Å². The molecule has 2 saturated heterocycles. The number of nitrogens with zero attached hydrogens (tertiary/aromatic N) is 5. The highest BCUT2D eigenvalue weighted by Crippen LogP contribution is 2.27. The number of aryl methyl sites for hydroxylation is 2. The minimum atomic E-state index is -0.218. The minimum absolute atomic E-state index is 0.0447. The van der Waals surface area contributed by atoms with Gasteiger partial charge in [0.05, 0.1) is 24.2 Å². The molecule has 2 fully saturated rings. The number of nitriles is 1. The van der Waals surface area contributed by atoms with Gasteiger partial charge >= 0.3 is 0 Å². The van der Waals surface area contributed by atoms with Crippen molar-refractivity contribution < 1.29 is 9.59 Å². The van der Waals surface area contributed by atoms with Crippen LogP contribution in [0.25, 0.3) is 10.9 Å². The number of fused-ring (bicyclic) bond motifs is 1. The van der Waals surface area contributed by atoms with E-state index in [4.69, 9.17) is 0 Å². The first-order valence-corrected chi connectivity index (χ1v) is 13.6. The maximum absolute atomic E-state index is 13.4. The molecule has 0 saturated carbocycles. The maximum Gasteiger partial charge on any atom is 0.242 e. The predicted molar refractivity (Wildman–Crippen MR) is 147 cm³/mol. The average Bonchev–Trinajstić information content (AvgIpc) is 3.52. The summed E-state index contributed by atoms with van der Waals surface area (Å²) in [6, 6.07) is 10.3. The Morgan fingerprint density at radius 1 is 1.16 bits per heavy atom. The first-order chi connectivity index (χ1) is 18.0. The summed E-state index contributed by atoms with van der Waals surface area (Å²) in [5.74, 6) is 0.105. The summed E-state index contributed by atoms with van der Waals surface area (Å²) in [6.45, 7) is 13.4. The fraction of sp³-hybridized carbons (Fsp3) is 0.500. The van der Waals surface area contributed by atoms with E-state index < -0.39 is 0 Å². The molecule has 2 aliphatic rings. The summed E-state index contributed by atoms with van der Waals surface area (Å²) in [5.41, 5.74) is 3.01. The lowest BCUT2D eigenvalue weighted by Crippen LogP contribution is -2.55. The molecule has 2 amide bonds. The quantitative estimate of drug-likeness (QED) is 0.434. The first-order valence-electron chi connectivity index (χ1n) is 13.6. The lowest BCUT2D eigenvalue weighted by molar-refractivity contribution is -0.146. The van der Waals surface area contributed by atoms with Crippen LogP contribution in [0.5, 0.6) is 0 Å². The number of piperidine rings is 1. The van der Waals surface area contributed by atoms with Gasteiger partial charge in [0.1, 0.15) is 0 Å². The SMILES string of the molecule is C=CCN(CC=C)[C@H]1CCCN(CC(=O)N2CCC[C@H]2CCc2cc3ccc(C#N)cc3n2CC)C1=O. The van der Waals surface area contributed by atoms with Gasteiger partial charge in [-0.15, -0.1) is 13.2 Å². The number of rotatable bonds is 11. The second kappa shape index (κ2) is 12.2. The summed E-state index contributed by atoms with van der Waals surface area (Å²) >= 11 is 0. The van der Waals surface area contributed by atoms with Crippen LogP contribution in [0.1, 0.15) is 50.3 Å². The summed E-state index contributed by atoms with van der Waals surface area (Å²) in [6.07, 6.45) is 9.11. The van der Waals surface area contributed by atoms with Gasteiger partial charge in [-0.1, -0.05) is 18.2 Å². The number of carbonyl (C=O) groups excluding carboxylic acids is 2. The molecule has 0 spiro atoms. The monoisotopic (exact) mass is 501 g/mol. The highest BCUT2D eigenvalue weighted by Gasteiger charge is 2.36. The second-order valence-corrected chi connectivity index (χ2v) is 10.1. The average molecular weight is 502 g/mol. The highest BCUT2D eigenvalue weighted by atomic mass is 16.2.